The van der Waals surface area contributed by atoms with Crippen LogP contribution in [-0.4, -0.2) is 40.3 Å². The molecule has 0 bridgehead atoms. The molecule has 26 heavy (non-hydrogen) atoms. The largest absolute Gasteiger partial charge is 0.496 e. The highest BCUT2D eigenvalue weighted by Gasteiger charge is 2.30. The number of halogens is 1. The molecule has 9 heteroatoms. The number of hydrogen-bond acceptors (Lipinski definition) is 5. The zero-order valence-corrected chi connectivity index (χ0v) is 16.8. The highest BCUT2D eigenvalue weighted by atomic mass is 79.9. The number of carboxylic acid groups (broad SMARTS) is 1. The Kier molecular flexibility index (Phi) is 6.14. The van der Waals surface area contributed by atoms with Crippen molar-refractivity contribution in [3.63, 3.8) is 0 Å². The fraction of sp³-hybridized carbons (Fsp3) is 0.235. The number of carboxylic acids is 1. The molecule has 0 heterocycles. The van der Waals surface area contributed by atoms with E-state index in [0.717, 1.165) is 9.87 Å². The van der Waals surface area contributed by atoms with Gasteiger partial charge in [-0.15, -0.1) is 0 Å². The fourth-order valence-electron chi connectivity index (χ4n) is 2.35. The molecule has 0 spiro atoms. The van der Waals surface area contributed by atoms with E-state index in [4.69, 9.17) is 9.47 Å². The van der Waals surface area contributed by atoms with Crippen molar-refractivity contribution in [3.8, 4) is 11.5 Å². The summed E-state index contributed by atoms with van der Waals surface area (Å²) in [6, 6.07) is 9.12. The number of aryl methyl sites for hydroxylation is 1. The molecule has 2 aromatic rings. The number of sulfonamides is 1. The maximum absolute atomic E-state index is 13.1. The van der Waals surface area contributed by atoms with Crippen LogP contribution >= 0.6 is 15.9 Å². The van der Waals surface area contributed by atoms with Crippen LogP contribution in [0.2, 0.25) is 0 Å². The minimum absolute atomic E-state index is 0.0741. The predicted molar refractivity (Wildman–Crippen MR) is 101 cm³/mol. The first-order valence-electron chi connectivity index (χ1n) is 7.43. The van der Waals surface area contributed by atoms with E-state index >= 15 is 0 Å². The molecule has 0 aliphatic heterocycles. The van der Waals surface area contributed by atoms with E-state index in [1.165, 1.54) is 32.4 Å². The SMILES string of the molecule is COc1ccc(S(=O)(=O)N(CC(=O)O)c2cc(C)ccc2OC)cc1Br. The van der Waals surface area contributed by atoms with Crippen LogP contribution in [0, 0.1) is 6.92 Å². The van der Waals surface area contributed by atoms with E-state index < -0.39 is 22.5 Å². The number of rotatable bonds is 7. The lowest BCUT2D eigenvalue weighted by molar-refractivity contribution is -0.135. The number of benzene rings is 2. The minimum atomic E-state index is -4.16. The third-order valence-electron chi connectivity index (χ3n) is 3.59. The summed E-state index contributed by atoms with van der Waals surface area (Å²) >= 11 is 3.25. The quantitative estimate of drug-likeness (QED) is 0.706. The Bertz CT molecular complexity index is 929. The van der Waals surface area contributed by atoms with Crippen LogP contribution in [0.1, 0.15) is 5.56 Å². The first-order chi connectivity index (χ1) is 12.2. The van der Waals surface area contributed by atoms with Gasteiger partial charge in [-0.25, -0.2) is 8.42 Å². The summed E-state index contributed by atoms with van der Waals surface area (Å²) in [5, 5.41) is 9.25. The van der Waals surface area contributed by atoms with Gasteiger partial charge in [0.2, 0.25) is 0 Å². The molecule has 0 atom stereocenters. The molecule has 0 aliphatic rings. The Morgan fingerprint density at radius 3 is 2.27 bits per heavy atom. The smallest absolute Gasteiger partial charge is 0.324 e. The number of aliphatic carboxylic acids is 1. The second kappa shape index (κ2) is 7.96. The maximum Gasteiger partial charge on any atom is 0.324 e. The van der Waals surface area contributed by atoms with Crippen LogP contribution in [0.25, 0.3) is 0 Å². The Labute approximate surface area is 160 Å². The van der Waals surface area contributed by atoms with Crippen molar-refractivity contribution in [1.29, 1.82) is 0 Å². The molecule has 1 N–H and O–H groups in total. The second-order valence-corrected chi connectivity index (χ2v) is 8.09. The molecular weight excluding hydrogens is 426 g/mol. The number of nitrogens with zero attached hydrogens (tertiary/aromatic N) is 1. The Hall–Kier alpha value is -2.26. The van der Waals surface area contributed by atoms with Gasteiger partial charge in [-0.3, -0.25) is 9.10 Å². The molecule has 0 unspecified atom stereocenters. The standard InChI is InChI=1S/C17H18BrNO6S/c1-11-4-6-16(25-3)14(8-11)19(10-17(20)21)26(22,23)12-5-7-15(24-2)13(18)9-12/h4-9H,10H2,1-3H3,(H,20,21). The van der Waals surface area contributed by atoms with Crippen molar-refractivity contribution in [2.45, 2.75) is 11.8 Å². The highest BCUT2D eigenvalue weighted by molar-refractivity contribution is 9.10. The van der Waals surface area contributed by atoms with Crippen LogP contribution in [0.3, 0.4) is 0 Å². The molecule has 2 aromatic carbocycles. The number of anilines is 1. The monoisotopic (exact) mass is 443 g/mol. The van der Waals surface area contributed by atoms with Crippen LogP contribution in [-0.2, 0) is 14.8 Å². The van der Waals surface area contributed by atoms with E-state index in [2.05, 4.69) is 15.9 Å². The van der Waals surface area contributed by atoms with Gasteiger partial charge in [-0.2, -0.15) is 0 Å². The molecular formula is C17H18BrNO6S. The van der Waals surface area contributed by atoms with Gasteiger partial charge in [-0.1, -0.05) is 6.07 Å². The van der Waals surface area contributed by atoms with Gasteiger partial charge in [0.15, 0.2) is 0 Å². The summed E-state index contributed by atoms with van der Waals surface area (Å²) in [7, 11) is -1.31. The molecule has 140 valence electrons. The third-order valence-corrected chi connectivity index (χ3v) is 5.97. The molecule has 0 aliphatic carbocycles. The third kappa shape index (κ3) is 4.10. The van der Waals surface area contributed by atoms with Crippen LogP contribution in [0.15, 0.2) is 45.8 Å². The fourth-order valence-corrected chi connectivity index (χ4v) is 4.49. The zero-order chi connectivity index (χ0) is 19.5. The summed E-state index contributed by atoms with van der Waals surface area (Å²) in [4.78, 5) is 11.3. The molecule has 0 radical (unpaired) electrons. The van der Waals surface area contributed by atoms with Gasteiger partial charge in [0.1, 0.15) is 18.0 Å². The van der Waals surface area contributed by atoms with Crippen molar-refractivity contribution < 1.29 is 27.8 Å². The molecule has 0 aromatic heterocycles. The number of ether oxygens (including phenoxy) is 2. The summed E-state index contributed by atoms with van der Waals surface area (Å²) in [6.07, 6.45) is 0. The normalized spacial score (nSPS) is 11.1. The number of carbonyl (C=O) groups is 1. The first kappa shape index (κ1) is 20.1. The molecule has 0 saturated carbocycles. The summed E-state index contributed by atoms with van der Waals surface area (Å²) < 4.78 is 37.9. The zero-order valence-electron chi connectivity index (χ0n) is 14.4. The Morgan fingerprint density at radius 2 is 1.73 bits per heavy atom. The Balaban J connectivity index is 2.64. The van der Waals surface area contributed by atoms with E-state index in [1.54, 1.807) is 25.1 Å². The van der Waals surface area contributed by atoms with Crippen molar-refractivity contribution in [2.24, 2.45) is 0 Å². The van der Waals surface area contributed by atoms with Crippen LogP contribution in [0.4, 0.5) is 5.69 Å². The molecule has 0 fully saturated rings. The summed E-state index contributed by atoms with van der Waals surface area (Å²) in [6.45, 7) is 1.03. The minimum Gasteiger partial charge on any atom is -0.496 e. The second-order valence-electron chi connectivity index (χ2n) is 5.38. The lowest BCUT2D eigenvalue weighted by Gasteiger charge is -2.25. The predicted octanol–water partition coefficient (Wildman–Crippen LogP) is 3.05. The average Bonchev–Trinajstić information content (AvgIpc) is 2.59. The van der Waals surface area contributed by atoms with Gasteiger partial charge < -0.3 is 14.6 Å². The molecule has 2 rings (SSSR count). The molecule has 7 nitrogen and oxygen atoms in total. The highest BCUT2D eigenvalue weighted by Crippen LogP contribution is 2.35. The van der Waals surface area contributed by atoms with Crippen LogP contribution in [0.5, 0.6) is 11.5 Å². The van der Waals surface area contributed by atoms with E-state index in [-0.39, 0.29) is 16.3 Å². The number of hydrogen-bond donors (Lipinski definition) is 1. The summed E-state index contributed by atoms with van der Waals surface area (Å²) in [5.41, 5.74) is 0.921. The van der Waals surface area contributed by atoms with Crippen molar-refractivity contribution in [2.75, 3.05) is 25.1 Å². The molecule has 0 amide bonds. The Morgan fingerprint density at radius 1 is 1.12 bits per heavy atom. The van der Waals surface area contributed by atoms with E-state index in [9.17, 15) is 18.3 Å². The van der Waals surface area contributed by atoms with E-state index in [0.29, 0.717) is 10.2 Å². The van der Waals surface area contributed by atoms with Crippen molar-refractivity contribution in [1.82, 2.24) is 0 Å². The number of methoxy groups -OCH3 is 2. The van der Waals surface area contributed by atoms with Gasteiger partial charge in [0.25, 0.3) is 10.0 Å². The first-order valence-corrected chi connectivity index (χ1v) is 9.66. The topological polar surface area (TPSA) is 93.1 Å². The maximum atomic E-state index is 13.1. The molecule has 0 saturated heterocycles. The van der Waals surface area contributed by atoms with Gasteiger partial charge in [0.05, 0.1) is 29.3 Å². The lowest BCUT2D eigenvalue weighted by atomic mass is 10.2. The van der Waals surface area contributed by atoms with Gasteiger partial charge in [-0.05, 0) is 58.7 Å². The van der Waals surface area contributed by atoms with Gasteiger partial charge in [0, 0.05) is 0 Å². The lowest BCUT2D eigenvalue weighted by Crippen LogP contribution is -2.36. The van der Waals surface area contributed by atoms with E-state index in [1.807, 2.05) is 0 Å². The average molecular weight is 444 g/mol. The van der Waals surface area contributed by atoms with Crippen molar-refractivity contribution >= 4 is 37.6 Å². The van der Waals surface area contributed by atoms with Crippen LogP contribution < -0.4 is 13.8 Å². The van der Waals surface area contributed by atoms with Gasteiger partial charge >= 0.3 is 5.97 Å². The van der Waals surface area contributed by atoms with Crippen molar-refractivity contribution in [3.05, 3.63) is 46.4 Å². The summed E-state index contributed by atoms with van der Waals surface area (Å²) in [5.74, 6) is -0.570.